The maximum absolute atomic E-state index is 13.8. The van der Waals surface area contributed by atoms with Crippen LogP contribution in [0.25, 0.3) is 33.1 Å². The Labute approximate surface area is 277 Å². The van der Waals surface area contributed by atoms with Gasteiger partial charge in [-0.15, -0.1) is 0 Å². The lowest BCUT2D eigenvalue weighted by Gasteiger charge is -2.29. The number of halogens is 1. The summed E-state index contributed by atoms with van der Waals surface area (Å²) < 4.78 is 42.8. The van der Waals surface area contributed by atoms with Gasteiger partial charge in [-0.3, -0.25) is 0 Å². The van der Waals surface area contributed by atoms with Crippen LogP contribution in [-0.4, -0.2) is 25.7 Å². The molecule has 0 saturated carbocycles. The van der Waals surface area contributed by atoms with E-state index in [4.69, 9.17) is 23.4 Å². The second-order valence-corrected chi connectivity index (χ2v) is 11.6. The predicted octanol–water partition coefficient (Wildman–Crippen LogP) is 9.84. The molecule has 244 valence electrons. The van der Waals surface area contributed by atoms with Gasteiger partial charge in [-0.05, 0) is 110 Å². The third-order valence-electron chi connectivity index (χ3n) is 8.55. The van der Waals surface area contributed by atoms with E-state index in [-0.39, 0.29) is 18.0 Å². The summed E-state index contributed by atoms with van der Waals surface area (Å²) in [5.74, 6) is -0.0920. The van der Waals surface area contributed by atoms with Crippen LogP contribution in [0, 0.1) is 12.7 Å². The van der Waals surface area contributed by atoms with E-state index in [1.165, 1.54) is 19.2 Å². The SMILES string of the molecule is CCOC(=O)c1c(-c2ccc(Oc3ccc(F)cc3)cc2)oc2cc(C)c([C@@H](C)OC(=O)[C@](C)(OC)c3cccc4ccccc34)cc12. The Morgan fingerprint density at radius 2 is 1.54 bits per heavy atom. The minimum absolute atomic E-state index is 0.173. The molecule has 8 heteroatoms. The molecule has 48 heavy (non-hydrogen) atoms. The Hall–Kier alpha value is -5.47. The number of carbonyl (C=O) groups is 2. The van der Waals surface area contributed by atoms with Gasteiger partial charge in [-0.25, -0.2) is 14.0 Å². The number of esters is 2. The fraction of sp³-hybridized carbons (Fsp3) is 0.200. The highest BCUT2D eigenvalue weighted by Gasteiger charge is 2.39. The topological polar surface area (TPSA) is 84.2 Å². The number of benzene rings is 5. The minimum Gasteiger partial charge on any atom is -0.462 e. The summed E-state index contributed by atoms with van der Waals surface area (Å²) in [4.78, 5) is 27.2. The van der Waals surface area contributed by atoms with E-state index in [1.807, 2.05) is 61.5 Å². The van der Waals surface area contributed by atoms with Crippen molar-refractivity contribution in [2.45, 2.75) is 39.4 Å². The van der Waals surface area contributed by atoms with Gasteiger partial charge in [0.25, 0.3) is 0 Å². The number of rotatable bonds is 10. The highest BCUT2D eigenvalue weighted by atomic mass is 19.1. The number of methoxy groups -OCH3 is 1. The molecular formula is C40H35FO7. The van der Waals surface area contributed by atoms with E-state index in [9.17, 15) is 14.0 Å². The molecule has 0 bridgehead atoms. The van der Waals surface area contributed by atoms with Crippen LogP contribution in [0.1, 0.15) is 53.9 Å². The lowest BCUT2D eigenvalue weighted by atomic mass is 9.90. The van der Waals surface area contributed by atoms with Gasteiger partial charge in [-0.1, -0.05) is 42.5 Å². The Morgan fingerprint density at radius 3 is 2.23 bits per heavy atom. The minimum atomic E-state index is -1.38. The average Bonchev–Trinajstić information content (AvgIpc) is 3.47. The number of ether oxygens (including phenoxy) is 4. The molecule has 6 aromatic rings. The first-order chi connectivity index (χ1) is 23.1. The Morgan fingerprint density at radius 1 is 0.875 bits per heavy atom. The van der Waals surface area contributed by atoms with E-state index in [0.29, 0.717) is 44.9 Å². The van der Waals surface area contributed by atoms with Gasteiger partial charge in [0, 0.05) is 23.6 Å². The van der Waals surface area contributed by atoms with E-state index >= 15 is 0 Å². The van der Waals surface area contributed by atoms with Gasteiger partial charge >= 0.3 is 11.9 Å². The number of hydrogen-bond acceptors (Lipinski definition) is 7. The third-order valence-corrected chi connectivity index (χ3v) is 8.55. The smallest absolute Gasteiger partial charge is 0.343 e. The second-order valence-electron chi connectivity index (χ2n) is 11.6. The normalized spacial score (nSPS) is 13.2. The number of hydrogen-bond donors (Lipinski definition) is 0. The molecule has 2 atom stereocenters. The molecule has 5 aromatic carbocycles. The number of fused-ring (bicyclic) bond motifs is 2. The van der Waals surface area contributed by atoms with Gasteiger partial charge in [0.05, 0.1) is 6.61 Å². The van der Waals surface area contributed by atoms with E-state index in [2.05, 4.69) is 0 Å². The summed E-state index contributed by atoms with van der Waals surface area (Å²) in [6.45, 7) is 7.30. The van der Waals surface area contributed by atoms with Gasteiger partial charge in [0.2, 0.25) is 0 Å². The van der Waals surface area contributed by atoms with Crippen molar-refractivity contribution in [2.75, 3.05) is 13.7 Å². The van der Waals surface area contributed by atoms with Crippen LogP contribution in [0.2, 0.25) is 0 Å². The molecule has 0 spiro atoms. The largest absolute Gasteiger partial charge is 0.462 e. The molecule has 0 N–H and O–H groups in total. The highest BCUT2D eigenvalue weighted by Crippen LogP contribution is 2.39. The molecule has 1 aromatic heterocycles. The molecule has 0 aliphatic rings. The molecule has 0 radical (unpaired) electrons. The van der Waals surface area contributed by atoms with Crippen LogP contribution in [0.5, 0.6) is 11.5 Å². The Bertz CT molecular complexity index is 2110. The molecular weight excluding hydrogens is 611 g/mol. The summed E-state index contributed by atoms with van der Waals surface area (Å²) in [7, 11) is 1.49. The van der Waals surface area contributed by atoms with E-state index < -0.39 is 23.6 Å². The van der Waals surface area contributed by atoms with Crippen LogP contribution in [0.15, 0.2) is 108 Å². The van der Waals surface area contributed by atoms with Crippen molar-refractivity contribution in [2.24, 2.45) is 0 Å². The van der Waals surface area contributed by atoms with Gasteiger partial charge in [0.1, 0.15) is 40.3 Å². The number of aryl methyl sites for hydroxylation is 1. The van der Waals surface area contributed by atoms with E-state index in [0.717, 1.165) is 16.3 Å². The summed E-state index contributed by atoms with van der Waals surface area (Å²) >= 11 is 0. The first-order valence-electron chi connectivity index (χ1n) is 15.7. The Balaban J connectivity index is 1.33. The van der Waals surface area contributed by atoms with Gasteiger partial charge < -0.3 is 23.4 Å². The summed E-state index contributed by atoms with van der Waals surface area (Å²) in [6, 6.07) is 29.9. The molecule has 0 amide bonds. The fourth-order valence-electron chi connectivity index (χ4n) is 5.90. The fourth-order valence-corrected chi connectivity index (χ4v) is 5.90. The van der Waals surface area contributed by atoms with Crippen molar-refractivity contribution in [3.63, 3.8) is 0 Å². The molecule has 1 heterocycles. The van der Waals surface area contributed by atoms with Gasteiger partial charge in [-0.2, -0.15) is 0 Å². The zero-order chi connectivity index (χ0) is 34.0. The second kappa shape index (κ2) is 13.3. The summed E-state index contributed by atoms with van der Waals surface area (Å²) in [5.41, 5.74) is 2.21. The monoisotopic (exact) mass is 646 g/mol. The third kappa shape index (κ3) is 6.14. The first-order valence-corrected chi connectivity index (χ1v) is 15.7. The van der Waals surface area contributed by atoms with Crippen molar-refractivity contribution in [1.82, 2.24) is 0 Å². The highest BCUT2D eigenvalue weighted by molar-refractivity contribution is 6.09. The zero-order valence-electron chi connectivity index (χ0n) is 27.3. The lowest BCUT2D eigenvalue weighted by molar-refractivity contribution is -0.173. The molecule has 0 saturated heterocycles. The van der Waals surface area contributed by atoms with Crippen molar-refractivity contribution >= 4 is 33.7 Å². The summed E-state index contributed by atoms with van der Waals surface area (Å²) in [5, 5.41) is 2.41. The predicted molar refractivity (Wildman–Crippen MR) is 182 cm³/mol. The molecule has 7 nitrogen and oxygen atoms in total. The van der Waals surface area contributed by atoms with Crippen LogP contribution in [-0.2, 0) is 24.6 Å². The number of carbonyl (C=O) groups excluding carboxylic acids is 2. The standard InChI is InChI=1S/C40H35FO7/c1-6-45-38(42)36-33-23-32(25(3)46-39(43)40(4,44-5)34-13-9-11-26-10-7-8-12-31(26)34)24(2)22-35(33)48-37(36)27-14-18-29(19-15-27)47-30-20-16-28(41)17-21-30/h7-23,25H,6H2,1-5H3/t25-,40-/m1/s1. The van der Waals surface area contributed by atoms with Crippen LogP contribution < -0.4 is 4.74 Å². The molecule has 0 fully saturated rings. The van der Waals surface area contributed by atoms with Crippen molar-refractivity contribution in [1.29, 1.82) is 0 Å². The number of furan rings is 1. The van der Waals surface area contributed by atoms with Crippen molar-refractivity contribution < 1.29 is 37.3 Å². The van der Waals surface area contributed by atoms with Crippen LogP contribution >= 0.6 is 0 Å². The van der Waals surface area contributed by atoms with Crippen molar-refractivity contribution in [3.05, 3.63) is 131 Å². The first kappa shape index (κ1) is 32.5. The van der Waals surface area contributed by atoms with Crippen LogP contribution in [0.4, 0.5) is 4.39 Å². The van der Waals surface area contributed by atoms with Gasteiger partial charge in [0.15, 0.2) is 5.60 Å². The summed E-state index contributed by atoms with van der Waals surface area (Å²) in [6.07, 6.45) is -0.692. The molecule has 0 unspecified atom stereocenters. The Kier molecular flexibility index (Phi) is 9.02. The molecule has 0 aliphatic heterocycles. The quantitative estimate of drug-likeness (QED) is 0.137. The lowest BCUT2D eigenvalue weighted by Crippen LogP contribution is -2.37. The maximum Gasteiger partial charge on any atom is 0.343 e. The average molecular weight is 647 g/mol. The molecule has 0 aliphatic carbocycles. The van der Waals surface area contributed by atoms with Crippen molar-refractivity contribution in [3.8, 4) is 22.8 Å². The molecule has 6 rings (SSSR count). The van der Waals surface area contributed by atoms with E-state index in [1.54, 1.807) is 57.2 Å². The maximum atomic E-state index is 13.8. The van der Waals surface area contributed by atoms with Crippen LogP contribution in [0.3, 0.4) is 0 Å². The zero-order valence-corrected chi connectivity index (χ0v) is 27.3.